The molecule has 0 saturated heterocycles. The molecule has 0 atom stereocenters. The number of carboxylic acid groups (broad SMARTS) is 1. The third-order valence-corrected chi connectivity index (χ3v) is 12.5. The maximum atomic E-state index is 12.9. The molecule has 0 amide bonds. The molecule has 0 fully saturated rings. The number of benzene rings is 4. The fraction of sp³-hybridized carbons (Fsp3) is 0.155. The Bertz CT molecular complexity index is 3580. The summed E-state index contributed by atoms with van der Waals surface area (Å²) in [5.41, 5.74) is 13.2. The van der Waals surface area contributed by atoms with Crippen molar-refractivity contribution in [2.75, 3.05) is 28.4 Å². The summed E-state index contributed by atoms with van der Waals surface area (Å²) in [5, 5.41) is 10.5. The van der Waals surface area contributed by atoms with Crippen LogP contribution in [0.2, 0.25) is 0 Å². The number of H-pyrrole nitrogens is 2. The summed E-state index contributed by atoms with van der Waals surface area (Å²) in [5.74, 6) is -2.71. The number of esters is 4. The Labute approximate surface area is 413 Å². The van der Waals surface area contributed by atoms with Crippen LogP contribution in [-0.4, -0.2) is 83.3 Å². The highest BCUT2D eigenvalue weighted by Gasteiger charge is 2.23. The zero-order valence-electron chi connectivity index (χ0n) is 39.8. The Kier molecular flexibility index (Phi) is 13.8. The van der Waals surface area contributed by atoms with Crippen molar-refractivity contribution in [2.45, 2.75) is 32.1 Å². The number of aliphatic carboxylic acids is 1. The van der Waals surface area contributed by atoms with Gasteiger partial charge in [0.15, 0.2) is 0 Å². The first-order valence-corrected chi connectivity index (χ1v) is 23.0. The van der Waals surface area contributed by atoms with Crippen LogP contribution in [0.4, 0.5) is 0 Å². The average Bonchev–Trinajstić information content (AvgIpc) is 4.22. The Morgan fingerprint density at radius 2 is 0.750 bits per heavy atom. The quantitative estimate of drug-likeness (QED) is 0.0690. The number of nitrogens with one attached hydrogen (secondary N) is 2. The van der Waals surface area contributed by atoms with Gasteiger partial charge in [-0.2, -0.15) is 0 Å². The summed E-state index contributed by atoms with van der Waals surface area (Å²) in [7, 11) is 5.36. The number of ether oxygens (including phenoxy) is 4. The third-order valence-electron chi connectivity index (χ3n) is 12.5. The van der Waals surface area contributed by atoms with Crippen molar-refractivity contribution in [2.24, 2.45) is 0 Å². The summed E-state index contributed by atoms with van der Waals surface area (Å²) < 4.78 is 20.1. The van der Waals surface area contributed by atoms with Gasteiger partial charge in [0, 0.05) is 38.8 Å². The molecule has 7 aromatic rings. The van der Waals surface area contributed by atoms with E-state index in [1.54, 1.807) is 0 Å². The van der Waals surface area contributed by atoms with Crippen LogP contribution in [-0.2, 0) is 75.0 Å². The molecule has 0 aliphatic carbocycles. The molecule has 14 heteroatoms. The van der Waals surface area contributed by atoms with E-state index in [2.05, 4.69) is 9.97 Å². The van der Waals surface area contributed by atoms with Gasteiger partial charge in [-0.25, -0.2) is 9.97 Å². The molecule has 0 radical (unpaired) electrons. The number of aromatic amines is 2. The number of carbonyl (C=O) groups is 5. The minimum absolute atomic E-state index is 0.00591. The molecule has 5 heterocycles. The van der Waals surface area contributed by atoms with E-state index in [1.807, 2.05) is 140 Å². The number of hydrogen-bond donors (Lipinski definition) is 3. The lowest BCUT2D eigenvalue weighted by molar-refractivity contribution is -0.140. The van der Waals surface area contributed by atoms with E-state index in [0.29, 0.717) is 94.9 Å². The highest BCUT2D eigenvalue weighted by atomic mass is 16.5. The Morgan fingerprint density at radius 1 is 0.417 bits per heavy atom. The van der Waals surface area contributed by atoms with Crippen LogP contribution in [0, 0.1) is 0 Å². The minimum atomic E-state index is -1.07. The summed E-state index contributed by atoms with van der Waals surface area (Å²) >= 11 is 0. The van der Waals surface area contributed by atoms with Crippen LogP contribution < -0.4 is 0 Å². The first-order valence-electron chi connectivity index (χ1n) is 23.0. The fourth-order valence-corrected chi connectivity index (χ4v) is 9.17. The first-order chi connectivity index (χ1) is 34.9. The zero-order chi connectivity index (χ0) is 50.5. The Balaban J connectivity index is 1.47. The van der Waals surface area contributed by atoms with E-state index < -0.39 is 29.8 Å². The van der Waals surface area contributed by atoms with E-state index in [0.717, 1.165) is 22.3 Å². The third kappa shape index (κ3) is 10.2. The number of methoxy groups -OCH3 is 4. The number of fused-ring (bicyclic) bond motifs is 8. The lowest BCUT2D eigenvalue weighted by atomic mass is 9.98. The van der Waals surface area contributed by atoms with E-state index >= 15 is 0 Å². The number of carbonyl (C=O) groups excluding carboxylic acids is 4. The Morgan fingerprint density at radius 3 is 1.10 bits per heavy atom. The van der Waals surface area contributed by atoms with Gasteiger partial charge in [0.05, 0.1) is 88.8 Å². The van der Waals surface area contributed by atoms with Gasteiger partial charge in [0.2, 0.25) is 0 Å². The van der Waals surface area contributed by atoms with E-state index in [9.17, 15) is 29.1 Å². The normalized spacial score (nSPS) is 11.6. The molecular weight excluding hydrogens is 913 g/mol. The summed E-state index contributed by atoms with van der Waals surface area (Å²) in [6, 6.07) is 35.8. The number of carboxylic acids is 1. The zero-order valence-corrected chi connectivity index (χ0v) is 39.8. The van der Waals surface area contributed by atoms with E-state index in [4.69, 9.17) is 28.9 Å². The first kappa shape index (κ1) is 47.9. The molecule has 360 valence electrons. The van der Waals surface area contributed by atoms with Crippen LogP contribution in [0.5, 0.6) is 0 Å². The molecule has 2 aliphatic heterocycles. The van der Waals surface area contributed by atoms with Crippen LogP contribution in [0.1, 0.15) is 50.6 Å². The second-order valence-electron chi connectivity index (χ2n) is 17.2. The molecule has 3 aromatic heterocycles. The van der Waals surface area contributed by atoms with Gasteiger partial charge < -0.3 is 34.0 Å². The molecule has 14 nitrogen and oxygen atoms in total. The molecule has 8 bridgehead atoms. The number of aromatic nitrogens is 4. The van der Waals surface area contributed by atoms with Crippen molar-refractivity contribution in [3.8, 4) is 44.5 Å². The van der Waals surface area contributed by atoms with Crippen molar-refractivity contribution in [1.29, 1.82) is 0 Å². The predicted octanol–water partition coefficient (Wildman–Crippen LogP) is 9.81. The smallest absolute Gasteiger partial charge is 0.309 e. The SMILES string of the molecule is COC(=O)Cc1cccc(-c2c3nc(c(-c4cccc(CC(=O)OC)c4)c4cc(CC(=O)O)c([nH]4)c(-c4cccc(CC(=O)OC)c4)c4nc(c(-c5cccc(CC(=O)OC)c5)c5ccc2[nH]5)C=C4)C=C3)c1. The van der Waals surface area contributed by atoms with Crippen molar-refractivity contribution in [1.82, 2.24) is 19.9 Å². The summed E-state index contributed by atoms with van der Waals surface area (Å²) in [6.45, 7) is 0. The van der Waals surface area contributed by atoms with Crippen LogP contribution in [0.15, 0.2) is 115 Å². The fourth-order valence-electron chi connectivity index (χ4n) is 9.17. The molecular formula is C58H48N4O10. The second-order valence-corrected chi connectivity index (χ2v) is 17.2. The highest BCUT2D eigenvalue weighted by molar-refractivity contribution is 6.01. The van der Waals surface area contributed by atoms with Gasteiger partial charge in [-0.3, -0.25) is 24.0 Å². The van der Waals surface area contributed by atoms with Gasteiger partial charge in [0.25, 0.3) is 0 Å². The Hall–Kier alpha value is -9.17. The largest absolute Gasteiger partial charge is 0.481 e. The molecule has 4 aromatic carbocycles. The number of nitrogens with zero attached hydrogens (tertiary/aromatic N) is 2. The van der Waals surface area contributed by atoms with Gasteiger partial charge in [-0.05, 0) is 92.6 Å². The van der Waals surface area contributed by atoms with E-state index in [-0.39, 0.29) is 32.1 Å². The maximum Gasteiger partial charge on any atom is 0.309 e. The van der Waals surface area contributed by atoms with Crippen LogP contribution in [0.25, 0.3) is 90.9 Å². The lowest BCUT2D eigenvalue weighted by Crippen LogP contribution is -2.04. The van der Waals surface area contributed by atoms with E-state index in [1.165, 1.54) is 28.4 Å². The molecule has 0 saturated carbocycles. The average molecular weight is 961 g/mol. The number of rotatable bonds is 14. The molecule has 9 rings (SSSR count). The topological polar surface area (TPSA) is 200 Å². The second kappa shape index (κ2) is 20.8. The monoisotopic (exact) mass is 960 g/mol. The van der Waals surface area contributed by atoms with Gasteiger partial charge in [-0.1, -0.05) is 97.1 Å². The van der Waals surface area contributed by atoms with Crippen LogP contribution in [0.3, 0.4) is 0 Å². The van der Waals surface area contributed by atoms with Gasteiger partial charge in [-0.15, -0.1) is 0 Å². The molecule has 72 heavy (non-hydrogen) atoms. The lowest BCUT2D eigenvalue weighted by Gasteiger charge is -2.10. The van der Waals surface area contributed by atoms with Gasteiger partial charge in [0.1, 0.15) is 0 Å². The molecule has 0 spiro atoms. The number of hydrogen-bond acceptors (Lipinski definition) is 11. The maximum absolute atomic E-state index is 12.9. The highest BCUT2D eigenvalue weighted by Crippen LogP contribution is 2.40. The minimum Gasteiger partial charge on any atom is -0.481 e. The summed E-state index contributed by atoms with van der Waals surface area (Å²) in [6.07, 6.45) is 7.26. The van der Waals surface area contributed by atoms with Crippen molar-refractivity contribution in [3.05, 3.63) is 166 Å². The molecule has 2 aliphatic rings. The van der Waals surface area contributed by atoms with Crippen molar-refractivity contribution in [3.63, 3.8) is 0 Å². The predicted molar refractivity (Wildman–Crippen MR) is 275 cm³/mol. The molecule has 0 unspecified atom stereocenters. The van der Waals surface area contributed by atoms with Crippen LogP contribution >= 0.6 is 0 Å². The van der Waals surface area contributed by atoms with Gasteiger partial charge >= 0.3 is 29.8 Å². The standard InChI is InChI=1S/C58H48N4O10/c1-69-50(65)27-33-9-5-13-37(23-33)54-42-17-18-43(59-42)55(38-14-6-10-34(24-38)28-51(66)70-2)45-21-22-47(61-45)57(40-16-8-12-36(26-40)30-53(68)72-4)58-41(32-49(63)64)31-48(62-58)56(46-20-19-44(54)60-46)39-15-7-11-35(25-39)29-52(67)71-3/h5-26,31,59,62H,27-30,32H2,1-4H3,(H,63,64). The van der Waals surface area contributed by atoms with Crippen molar-refractivity contribution < 1.29 is 48.0 Å². The summed E-state index contributed by atoms with van der Waals surface area (Å²) in [4.78, 5) is 81.3. The molecule has 3 N–H and O–H groups in total. The van der Waals surface area contributed by atoms with Crippen molar-refractivity contribution >= 4 is 76.2 Å².